The first-order chi connectivity index (χ1) is 16.3. The van der Waals surface area contributed by atoms with Gasteiger partial charge in [-0.15, -0.1) is 0 Å². The molecule has 1 atom stereocenters. The van der Waals surface area contributed by atoms with Gasteiger partial charge in [0.2, 0.25) is 5.88 Å². The third kappa shape index (κ3) is 4.69. The van der Waals surface area contributed by atoms with E-state index in [1.807, 2.05) is 47.4 Å². The molecular weight excluding hydrogens is 416 g/mol. The van der Waals surface area contributed by atoms with Crippen molar-refractivity contribution in [3.05, 3.63) is 91.0 Å². The molecule has 1 amide bonds. The Morgan fingerprint density at radius 1 is 0.970 bits per heavy atom. The minimum absolute atomic E-state index is 0.0285. The number of benzene rings is 1. The molecule has 3 aromatic heterocycles. The second kappa shape index (κ2) is 9.52. The lowest BCUT2D eigenvalue weighted by Gasteiger charge is -2.32. The Morgan fingerprint density at radius 3 is 2.64 bits per heavy atom. The highest BCUT2D eigenvalue weighted by atomic mass is 16.5. The molecule has 0 radical (unpaired) electrons. The summed E-state index contributed by atoms with van der Waals surface area (Å²) in [6, 6.07) is 14.9. The summed E-state index contributed by atoms with van der Waals surface area (Å²) in [4.78, 5) is 36.7. The van der Waals surface area contributed by atoms with E-state index in [1.165, 1.54) is 6.33 Å². The summed E-state index contributed by atoms with van der Waals surface area (Å²) in [6.07, 6.45) is 9.89. The fourth-order valence-corrected chi connectivity index (χ4v) is 3.99. The zero-order chi connectivity index (χ0) is 22.5. The van der Waals surface area contributed by atoms with Gasteiger partial charge >= 0.3 is 0 Å². The Hall–Kier alpha value is -4.20. The number of para-hydroxylation sites is 1. The van der Waals surface area contributed by atoms with Crippen LogP contribution in [-0.4, -0.2) is 48.8 Å². The topological polar surface area (TPSA) is 94.0 Å². The smallest absolute Gasteiger partial charge is 0.272 e. The number of piperidine rings is 1. The van der Waals surface area contributed by atoms with E-state index < -0.39 is 0 Å². The van der Waals surface area contributed by atoms with Gasteiger partial charge in [0.15, 0.2) is 0 Å². The fourth-order valence-electron chi connectivity index (χ4n) is 3.99. The van der Waals surface area contributed by atoms with E-state index in [9.17, 15) is 4.79 Å². The summed E-state index contributed by atoms with van der Waals surface area (Å²) in [5.41, 5.74) is 2.60. The lowest BCUT2D eigenvalue weighted by atomic mass is 9.94. The van der Waals surface area contributed by atoms with Crippen LogP contribution in [0.2, 0.25) is 0 Å². The Kier molecular flexibility index (Phi) is 5.97. The Morgan fingerprint density at radius 2 is 1.79 bits per heavy atom. The first-order valence-electron chi connectivity index (χ1n) is 10.8. The molecule has 1 aliphatic heterocycles. The minimum Gasteiger partial charge on any atom is -0.437 e. The van der Waals surface area contributed by atoms with Crippen molar-refractivity contribution in [2.75, 3.05) is 13.1 Å². The van der Waals surface area contributed by atoms with E-state index in [2.05, 4.69) is 24.9 Å². The van der Waals surface area contributed by atoms with Crippen molar-refractivity contribution in [3.63, 3.8) is 0 Å². The van der Waals surface area contributed by atoms with Gasteiger partial charge in [-0.3, -0.25) is 9.78 Å². The van der Waals surface area contributed by atoms with Crippen molar-refractivity contribution in [2.24, 2.45) is 0 Å². The first kappa shape index (κ1) is 20.7. The van der Waals surface area contributed by atoms with E-state index in [0.717, 1.165) is 24.1 Å². The second-order valence-electron chi connectivity index (χ2n) is 7.79. The van der Waals surface area contributed by atoms with Gasteiger partial charge in [0.1, 0.15) is 23.5 Å². The van der Waals surface area contributed by atoms with E-state index in [1.54, 1.807) is 30.9 Å². The van der Waals surface area contributed by atoms with Crippen LogP contribution in [0.25, 0.3) is 11.3 Å². The highest BCUT2D eigenvalue weighted by Crippen LogP contribution is 2.33. The molecule has 0 bridgehead atoms. The molecule has 1 aliphatic rings. The molecule has 4 heterocycles. The summed E-state index contributed by atoms with van der Waals surface area (Å²) in [5.74, 6) is 1.11. The SMILES string of the molecule is O=C(c1cccc(-c2cncnc2)n1)N1CCC[C@H](c2nccnc2Oc2ccccc2)C1. The molecule has 0 saturated carbocycles. The molecule has 8 heteroatoms. The van der Waals surface area contributed by atoms with E-state index in [4.69, 9.17) is 4.74 Å². The zero-order valence-electron chi connectivity index (χ0n) is 17.9. The number of ether oxygens (including phenoxy) is 1. The average molecular weight is 438 g/mol. The van der Waals surface area contributed by atoms with Crippen LogP contribution in [0.5, 0.6) is 11.6 Å². The van der Waals surface area contributed by atoms with Crippen LogP contribution in [0.15, 0.2) is 79.6 Å². The fraction of sp³-hybridized carbons (Fsp3) is 0.200. The van der Waals surface area contributed by atoms with Gasteiger partial charge in [0.05, 0.1) is 5.69 Å². The van der Waals surface area contributed by atoms with Crippen LogP contribution in [-0.2, 0) is 0 Å². The largest absolute Gasteiger partial charge is 0.437 e. The molecule has 0 unspecified atom stereocenters. The molecule has 1 aromatic carbocycles. The summed E-state index contributed by atoms with van der Waals surface area (Å²) in [6.45, 7) is 1.20. The third-order valence-electron chi connectivity index (χ3n) is 5.57. The number of hydrogen-bond donors (Lipinski definition) is 0. The first-order valence-corrected chi connectivity index (χ1v) is 10.8. The van der Waals surface area contributed by atoms with Crippen LogP contribution < -0.4 is 4.74 Å². The molecule has 1 saturated heterocycles. The number of amides is 1. The molecule has 0 N–H and O–H groups in total. The molecule has 5 rings (SSSR count). The minimum atomic E-state index is -0.104. The molecule has 1 fully saturated rings. The number of aromatic nitrogens is 5. The Labute approximate surface area is 191 Å². The molecule has 4 aromatic rings. The van der Waals surface area contributed by atoms with Gasteiger partial charge in [-0.05, 0) is 37.1 Å². The standard InChI is InChI=1S/C25H22N6O2/c32-25(22-10-4-9-21(30-22)19-14-26-17-27-15-19)31-13-5-6-18(16-31)23-24(29-12-11-28-23)33-20-7-2-1-3-8-20/h1-4,7-12,14-15,17-18H,5-6,13,16H2/t18-/m0/s1. The van der Waals surface area contributed by atoms with Gasteiger partial charge in [-0.1, -0.05) is 24.3 Å². The number of rotatable bonds is 5. The van der Waals surface area contributed by atoms with Gasteiger partial charge in [-0.2, -0.15) is 0 Å². The van der Waals surface area contributed by atoms with Crippen LogP contribution >= 0.6 is 0 Å². The monoisotopic (exact) mass is 438 g/mol. The Balaban J connectivity index is 1.35. The molecule has 33 heavy (non-hydrogen) atoms. The summed E-state index contributed by atoms with van der Waals surface area (Å²) in [7, 11) is 0. The highest BCUT2D eigenvalue weighted by molar-refractivity contribution is 5.93. The number of nitrogens with zero attached hydrogens (tertiary/aromatic N) is 6. The van der Waals surface area contributed by atoms with Crippen molar-refractivity contribution in [2.45, 2.75) is 18.8 Å². The highest BCUT2D eigenvalue weighted by Gasteiger charge is 2.29. The number of carbonyl (C=O) groups is 1. The van der Waals surface area contributed by atoms with Gasteiger partial charge in [0.25, 0.3) is 5.91 Å². The zero-order valence-corrected chi connectivity index (χ0v) is 17.9. The number of likely N-dealkylation sites (tertiary alicyclic amines) is 1. The lowest BCUT2D eigenvalue weighted by molar-refractivity contribution is 0.0699. The van der Waals surface area contributed by atoms with Crippen molar-refractivity contribution in [1.82, 2.24) is 29.8 Å². The molecule has 0 aliphatic carbocycles. The quantitative estimate of drug-likeness (QED) is 0.462. The maximum atomic E-state index is 13.3. The number of pyridine rings is 1. The molecule has 8 nitrogen and oxygen atoms in total. The predicted molar refractivity (Wildman–Crippen MR) is 122 cm³/mol. The summed E-state index contributed by atoms with van der Waals surface area (Å²) < 4.78 is 6.01. The van der Waals surface area contributed by atoms with Crippen molar-refractivity contribution in [3.8, 4) is 22.9 Å². The lowest BCUT2D eigenvalue weighted by Crippen LogP contribution is -2.39. The van der Waals surface area contributed by atoms with Gasteiger partial charge < -0.3 is 9.64 Å². The summed E-state index contributed by atoms with van der Waals surface area (Å²) >= 11 is 0. The van der Waals surface area contributed by atoms with Gasteiger partial charge in [0, 0.05) is 49.4 Å². The second-order valence-corrected chi connectivity index (χ2v) is 7.79. The number of hydrogen-bond acceptors (Lipinski definition) is 7. The number of carbonyl (C=O) groups excluding carboxylic acids is 1. The molecule has 164 valence electrons. The van der Waals surface area contributed by atoms with E-state index >= 15 is 0 Å². The van der Waals surface area contributed by atoms with Crippen LogP contribution in [0.1, 0.15) is 34.9 Å². The van der Waals surface area contributed by atoms with Crippen molar-refractivity contribution in [1.29, 1.82) is 0 Å². The normalized spacial score (nSPS) is 15.8. The Bertz CT molecular complexity index is 1240. The van der Waals surface area contributed by atoms with Crippen molar-refractivity contribution >= 4 is 5.91 Å². The van der Waals surface area contributed by atoms with Crippen LogP contribution in [0.3, 0.4) is 0 Å². The average Bonchev–Trinajstić information content (AvgIpc) is 2.90. The molecular formula is C25H22N6O2. The van der Waals surface area contributed by atoms with Crippen LogP contribution in [0.4, 0.5) is 0 Å². The maximum absolute atomic E-state index is 13.3. The predicted octanol–water partition coefficient (Wildman–Crippen LogP) is 4.14. The molecule has 0 spiro atoms. The van der Waals surface area contributed by atoms with E-state index in [-0.39, 0.29) is 11.8 Å². The third-order valence-corrected chi connectivity index (χ3v) is 5.57. The van der Waals surface area contributed by atoms with Crippen LogP contribution in [0, 0.1) is 0 Å². The maximum Gasteiger partial charge on any atom is 0.272 e. The van der Waals surface area contributed by atoms with Gasteiger partial charge in [-0.25, -0.2) is 19.9 Å². The van der Waals surface area contributed by atoms with Crippen molar-refractivity contribution < 1.29 is 9.53 Å². The van der Waals surface area contributed by atoms with E-state index in [0.29, 0.717) is 36.1 Å². The summed E-state index contributed by atoms with van der Waals surface area (Å²) in [5, 5.41) is 0.